The lowest BCUT2D eigenvalue weighted by atomic mass is 10.2. The number of rotatable bonds is 3. The third kappa shape index (κ3) is 3.47. The zero-order chi connectivity index (χ0) is 19.0. The fraction of sp³-hybridized carbons (Fsp3) is 0.294. The SMILES string of the molecule is CN1CCN(c2ccc3nc(-n4cc(OC(=O)O)cn4)[nH]c(=O)c3c2)CC1. The topological polar surface area (TPSA) is 117 Å². The lowest BCUT2D eigenvalue weighted by Gasteiger charge is -2.34. The molecule has 1 aliphatic heterocycles. The first-order chi connectivity index (χ1) is 13.0. The number of nitrogens with one attached hydrogen (secondary N) is 1. The summed E-state index contributed by atoms with van der Waals surface area (Å²) >= 11 is 0. The quantitative estimate of drug-likeness (QED) is 0.654. The Kier molecular flexibility index (Phi) is 4.24. The predicted molar refractivity (Wildman–Crippen MR) is 97.8 cm³/mol. The van der Waals surface area contributed by atoms with Gasteiger partial charge in [-0.2, -0.15) is 5.10 Å². The van der Waals surface area contributed by atoms with Crippen LogP contribution in [0.5, 0.6) is 5.75 Å². The number of benzene rings is 1. The second kappa shape index (κ2) is 6.72. The Morgan fingerprint density at radius 1 is 1.26 bits per heavy atom. The number of hydrogen-bond donors (Lipinski definition) is 2. The zero-order valence-corrected chi connectivity index (χ0v) is 14.6. The maximum atomic E-state index is 12.6. The number of H-pyrrole nitrogens is 1. The van der Waals surface area contributed by atoms with Gasteiger partial charge in [-0.3, -0.25) is 9.78 Å². The standard InChI is InChI=1S/C17H18N6O4/c1-21-4-6-22(7-5-21)11-2-3-14-13(8-11)15(24)20-16(19-14)23-10-12(9-18-23)27-17(25)26/h2-3,8-10H,4-7H2,1H3,(H,25,26)(H,19,20,24). The third-order valence-electron chi connectivity index (χ3n) is 4.53. The number of aromatic amines is 1. The molecule has 27 heavy (non-hydrogen) atoms. The van der Waals surface area contributed by atoms with E-state index >= 15 is 0 Å². The first-order valence-corrected chi connectivity index (χ1v) is 8.43. The molecule has 4 rings (SSSR count). The Bertz CT molecular complexity index is 1050. The number of carboxylic acid groups (broad SMARTS) is 1. The van der Waals surface area contributed by atoms with E-state index < -0.39 is 6.16 Å². The summed E-state index contributed by atoms with van der Waals surface area (Å²) in [5, 5.41) is 13.1. The summed E-state index contributed by atoms with van der Waals surface area (Å²) in [7, 11) is 2.09. The predicted octanol–water partition coefficient (Wildman–Crippen LogP) is 0.917. The van der Waals surface area contributed by atoms with Crippen LogP contribution < -0.4 is 15.2 Å². The Morgan fingerprint density at radius 2 is 2.04 bits per heavy atom. The fourth-order valence-electron chi connectivity index (χ4n) is 3.06. The molecule has 1 saturated heterocycles. The van der Waals surface area contributed by atoms with Crippen molar-refractivity contribution in [3.05, 3.63) is 40.9 Å². The summed E-state index contributed by atoms with van der Waals surface area (Å²) in [4.78, 5) is 34.7. The molecule has 0 unspecified atom stereocenters. The molecule has 140 valence electrons. The number of anilines is 1. The van der Waals surface area contributed by atoms with Gasteiger partial charge in [0.05, 0.1) is 23.3 Å². The largest absolute Gasteiger partial charge is 0.511 e. The van der Waals surface area contributed by atoms with E-state index in [-0.39, 0.29) is 17.3 Å². The van der Waals surface area contributed by atoms with Gasteiger partial charge in [-0.25, -0.2) is 14.5 Å². The van der Waals surface area contributed by atoms with Crippen LogP contribution in [-0.2, 0) is 0 Å². The number of piperazine rings is 1. The van der Waals surface area contributed by atoms with Crippen molar-refractivity contribution in [2.75, 3.05) is 38.1 Å². The molecule has 0 spiro atoms. The van der Waals surface area contributed by atoms with Gasteiger partial charge in [-0.05, 0) is 25.2 Å². The summed E-state index contributed by atoms with van der Waals surface area (Å²) in [6, 6.07) is 5.60. The van der Waals surface area contributed by atoms with Gasteiger partial charge in [0.25, 0.3) is 5.56 Å². The summed E-state index contributed by atoms with van der Waals surface area (Å²) in [5.41, 5.74) is 1.23. The minimum atomic E-state index is -1.44. The van der Waals surface area contributed by atoms with Crippen LogP contribution in [0.1, 0.15) is 0 Å². The van der Waals surface area contributed by atoms with Crippen molar-refractivity contribution in [3.8, 4) is 11.7 Å². The first kappa shape index (κ1) is 17.0. The highest BCUT2D eigenvalue weighted by molar-refractivity contribution is 5.82. The minimum Gasteiger partial charge on any atom is -0.449 e. The van der Waals surface area contributed by atoms with Crippen molar-refractivity contribution in [1.29, 1.82) is 0 Å². The minimum absolute atomic E-state index is 0.0376. The molecule has 0 aliphatic carbocycles. The molecule has 3 aromatic rings. The van der Waals surface area contributed by atoms with E-state index in [1.54, 1.807) is 6.07 Å². The molecule has 10 nitrogen and oxygen atoms in total. The number of hydrogen-bond acceptors (Lipinski definition) is 7. The Hall–Kier alpha value is -3.40. The number of nitrogens with zero attached hydrogens (tertiary/aromatic N) is 5. The van der Waals surface area contributed by atoms with Gasteiger partial charge >= 0.3 is 6.16 Å². The second-order valence-electron chi connectivity index (χ2n) is 6.37. The van der Waals surface area contributed by atoms with E-state index in [2.05, 4.69) is 36.7 Å². The number of carbonyl (C=O) groups is 1. The van der Waals surface area contributed by atoms with E-state index in [1.165, 1.54) is 17.1 Å². The van der Waals surface area contributed by atoms with Crippen molar-refractivity contribution in [1.82, 2.24) is 24.6 Å². The Morgan fingerprint density at radius 3 is 2.78 bits per heavy atom. The van der Waals surface area contributed by atoms with Crippen LogP contribution in [0.3, 0.4) is 0 Å². The molecule has 0 bridgehead atoms. The molecule has 0 atom stereocenters. The molecule has 1 fully saturated rings. The van der Waals surface area contributed by atoms with Crippen LogP contribution >= 0.6 is 0 Å². The van der Waals surface area contributed by atoms with Gasteiger partial charge in [0.2, 0.25) is 5.95 Å². The maximum absolute atomic E-state index is 12.6. The average Bonchev–Trinajstić information content (AvgIpc) is 3.10. The van der Waals surface area contributed by atoms with Crippen molar-refractivity contribution in [3.63, 3.8) is 0 Å². The third-order valence-corrected chi connectivity index (χ3v) is 4.53. The van der Waals surface area contributed by atoms with Gasteiger partial charge in [0, 0.05) is 31.9 Å². The van der Waals surface area contributed by atoms with Gasteiger partial charge < -0.3 is 19.6 Å². The lowest BCUT2D eigenvalue weighted by Crippen LogP contribution is -2.44. The number of fused-ring (bicyclic) bond motifs is 1. The van der Waals surface area contributed by atoms with Crippen LogP contribution in [-0.4, -0.2) is 69.1 Å². The van der Waals surface area contributed by atoms with E-state index in [0.29, 0.717) is 10.9 Å². The molecule has 0 radical (unpaired) electrons. The van der Waals surface area contributed by atoms with Crippen LogP contribution in [0.4, 0.5) is 10.5 Å². The molecular weight excluding hydrogens is 352 g/mol. The highest BCUT2D eigenvalue weighted by Gasteiger charge is 2.16. The molecule has 0 saturated carbocycles. The summed E-state index contributed by atoms with van der Waals surface area (Å²) < 4.78 is 5.79. The summed E-state index contributed by atoms with van der Waals surface area (Å²) in [6.07, 6.45) is 1.12. The van der Waals surface area contributed by atoms with Crippen molar-refractivity contribution >= 4 is 22.7 Å². The van der Waals surface area contributed by atoms with E-state index in [4.69, 9.17) is 5.11 Å². The summed E-state index contributed by atoms with van der Waals surface area (Å²) in [5.74, 6) is 0.218. The normalized spacial score (nSPS) is 15.2. The molecule has 1 aromatic carbocycles. The van der Waals surface area contributed by atoms with Crippen LogP contribution in [0.25, 0.3) is 16.9 Å². The fourth-order valence-corrected chi connectivity index (χ4v) is 3.06. The van der Waals surface area contributed by atoms with Crippen molar-refractivity contribution in [2.45, 2.75) is 0 Å². The van der Waals surface area contributed by atoms with Crippen LogP contribution in [0, 0.1) is 0 Å². The number of aromatic nitrogens is 4. The number of ether oxygens (including phenoxy) is 1. The first-order valence-electron chi connectivity index (χ1n) is 8.43. The molecule has 3 heterocycles. The van der Waals surface area contributed by atoms with E-state index in [0.717, 1.165) is 31.9 Å². The zero-order valence-electron chi connectivity index (χ0n) is 14.6. The average molecular weight is 370 g/mol. The molecule has 2 aromatic heterocycles. The molecular formula is C17H18N6O4. The van der Waals surface area contributed by atoms with Gasteiger partial charge in [0.1, 0.15) is 0 Å². The molecule has 0 amide bonds. The molecule has 1 aliphatic rings. The second-order valence-corrected chi connectivity index (χ2v) is 6.37. The van der Waals surface area contributed by atoms with Crippen molar-refractivity contribution < 1.29 is 14.6 Å². The van der Waals surface area contributed by atoms with Gasteiger partial charge in [0.15, 0.2) is 5.75 Å². The van der Waals surface area contributed by atoms with Gasteiger partial charge in [-0.1, -0.05) is 0 Å². The van der Waals surface area contributed by atoms with Crippen molar-refractivity contribution in [2.24, 2.45) is 0 Å². The lowest BCUT2D eigenvalue weighted by molar-refractivity contribution is 0.144. The molecule has 10 heteroatoms. The smallest absolute Gasteiger partial charge is 0.449 e. The highest BCUT2D eigenvalue weighted by atomic mass is 16.7. The number of likely N-dealkylation sites (N-methyl/N-ethyl adjacent to an activating group) is 1. The summed E-state index contributed by atoms with van der Waals surface area (Å²) in [6.45, 7) is 3.77. The highest BCUT2D eigenvalue weighted by Crippen LogP contribution is 2.21. The van der Waals surface area contributed by atoms with E-state index in [9.17, 15) is 9.59 Å². The molecule has 2 N–H and O–H groups in total. The van der Waals surface area contributed by atoms with Crippen LogP contribution in [0.15, 0.2) is 35.4 Å². The Balaban J connectivity index is 1.66. The van der Waals surface area contributed by atoms with Gasteiger partial charge in [-0.15, -0.1) is 0 Å². The monoisotopic (exact) mass is 370 g/mol. The maximum Gasteiger partial charge on any atom is 0.511 e. The van der Waals surface area contributed by atoms with E-state index in [1.807, 2.05) is 12.1 Å². The van der Waals surface area contributed by atoms with Crippen LogP contribution in [0.2, 0.25) is 0 Å². The Labute approximate surface area is 153 Å².